The quantitative estimate of drug-likeness (QED) is 0.382. The van der Waals surface area contributed by atoms with E-state index in [2.05, 4.69) is 27.7 Å². The molecule has 0 N–H and O–H groups in total. The van der Waals surface area contributed by atoms with E-state index in [4.69, 9.17) is 13.3 Å². The third-order valence-electron chi connectivity index (χ3n) is 3.71. The van der Waals surface area contributed by atoms with Crippen molar-refractivity contribution in [2.45, 2.75) is 85.3 Å². The summed E-state index contributed by atoms with van der Waals surface area (Å²) >= 11 is 0. The summed E-state index contributed by atoms with van der Waals surface area (Å²) in [4.78, 5) is 0. The molecule has 0 bridgehead atoms. The molecule has 3 nitrogen and oxygen atoms in total. The number of hydrogen-bond acceptors (Lipinski definition) is 3. The Morgan fingerprint density at radius 1 is 0.842 bits per heavy atom. The van der Waals surface area contributed by atoms with E-state index in [-0.39, 0.29) is 5.60 Å². The standard InChI is InChI=1S/C15H34O3Si/c1-7-12-13-14-19(16-10-4,17-11-5)18-15(6,8-2)9-3/h7-14H2,1-6H3. The summed E-state index contributed by atoms with van der Waals surface area (Å²) in [6.07, 6.45) is 5.54. The minimum absolute atomic E-state index is 0.122. The van der Waals surface area contributed by atoms with Gasteiger partial charge in [0.2, 0.25) is 0 Å². The van der Waals surface area contributed by atoms with Gasteiger partial charge in [-0.1, -0.05) is 33.6 Å². The van der Waals surface area contributed by atoms with Gasteiger partial charge in [0, 0.05) is 19.3 Å². The van der Waals surface area contributed by atoms with Crippen LogP contribution in [0.5, 0.6) is 0 Å². The van der Waals surface area contributed by atoms with Crippen molar-refractivity contribution in [2.24, 2.45) is 0 Å². The highest BCUT2D eigenvalue weighted by molar-refractivity contribution is 6.60. The van der Waals surface area contributed by atoms with Crippen molar-refractivity contribution in [3.8, 4) is 0 Å². The SMILES string of the molecule is CCCCC[Si](OCC)(OCC)OC(C)(CC)CC. The van der Waals surface area contributed by atoms with Crippen molar-refractivity contribution in [3.63, 3.8) is 0 Å². The Labute approximate surface area is 121 Å². The van der Waals surface area contributed by atoms with Gasteiger partial charge >= 0.3 is 8.80 Å². The first kappa shape index (κ1) is 19.1. The summed E-state index contributed by atoms with van der Waals surface area (Å²) in [6.45, 7) is 14.1. The average molecular weight is 291 g/mol. The molecule has 0 aliphatic heterocycles. The van der Waals surface area contributed by atoms with E-state index in [0.29, 0.717) is 13.2 Å². The molecule has 0 unspecified atom stereocenters. The van der Waals surface area contributed by atoms with Crippen molar-refractivity contribution in [1.29, 1.82) is 0 Å². The van der Waals surface area contributed by atoms with Crippen LogP contribution in [0.25, 0.3) is 0 Å². The van der Waals surface area contributed by atoms with Crippen molar-refractivity contribution in [1.82, 2.24) is 0 Å². The Morgan fingerprint density at radius 3 is 1.74 bits per heavy atom. The Kier molecular flexibility index (Phi) is 9.97. The molecule has 0 aromatic carbocycles. The van der Waals surface area contributed by atoms with E-state index in [1.807, 2.05) is 13.8 Å². The van der Waals surface area contributed by atoms with Crippen LogP contribution < -0.4 is 0 Å². The summed E-state index contributed by atoms with van der Waals surface area (Å²) in [5, 5.41) is 0. The highest BCUT2D eigenvalue weighted by Gasteiger charge is 2.45. The molecule has 0 fully saturated rings. The van der Waals surface area contributed by atoms with Gasteiger partial charge in [-0.05, 0) is 40.0 Å². The van der Waals surface area contributed by atoms with Gasteiger partial charge in [-0.25, -0.2) is 0 Å². The summed E-state index contributed by atoms with van der Waals surface area (Å²) in [5.41, 5.74) is -0.122. The largest absolute Gasteiger partial charge is 0.501 e. The fourth-order valence-corrected chi connectivity index (χ4v) is 5.29. The van der Waals surface area contributed by atoms with Gasteiger partial charge in [0.1, 0.15) is 0 Å². The number of hydrogen-bond donors (Lipinski definition) is 0. The molecule has 0 saturated heterocycles. The zero-order valence-electron chi connectivity index (χ0n) is 13.9. The summed E-state index contributed by atoms with van der Waals surface area (Å²) < 4.78 is 18.5. The van der Waals surface area contributed by atoms with Gasteiger partial charge in [-0.2, -0.15) is 0 Å². The van der Waals surface area contributed by atoms with Crippen LogP contribution in [0.4, 0.5) is 0 Å². The van der Waals surface area contributed by atoms with Gasteiger partial charge in [0.25, 0.3) is 0 Å². The second-order valence-electron chi connectivity index (χ2n) is 5.27. The first-order valence-electron chi connectivity index (χ1n) is 7.99. The fourth-order valence-electron chi connectivity index (χ4n) is 2.10. The van der Waals surface area contributed by atoms with Crippen LogP contribution >= 0.6 is 0 Å². The van der Waals surface area contributed by atoms with E-state index in [0.717, 1.165) is 25.3 Å². The molecule has 0 aliphatic carbocycles. The van der Waals surface area contributed by atoms with Crippen molar-refractivity contribution < 1.29 is 13.3 Å². The molecule has 0 heterocycles. The van der Waals surface area contributed by atoms with Gasteiger partial charge in [0.15, 0.2) is 0 Å². The summed E-state index contributed by atoms with van der Waals surface area (Å²) in [5.74, 6) is 0. The molecule has 4 heteroatoms. The Balaban J connectivity index is 4.86. The molecule has 116 valence electrons. The predicted molar refractivity (Wildman–Crippen MR) is 83.4 cm³/mol. The van der Waals surface area contributed by atoms with Crippen molar-refractivity contribution in [2.75, 3.05) is 13.2 Å². The lowest BCUT2D eigenvalue weighted by atomic mass is 10.0. The smallest absolute Gasteiger partial charge is 0.374 e. The second-order valence-corrected chi connectivity index (χ2v) is 7.91. The van der Waals surface area contributed by atoms with E-state index in [1.165, 1.54) is 12.8 Å². The zero-order chi connectivity index (χ0) is 14.8. The Hall–Kier alpha value is 0.0969. The molecule has 19 heavy (non-hydrogen) atoms. The van der Waals surface area contributed by atoms with Crippen LogP contribution in [0.1, 0.15) is 73.6 Å². The lowest BCUT2D eigenvalue weighted by Crippen LogP contribution is -2.52. The summed E-state index contributed by atoms with van der Waals surface area (Å²) in [6, 6.07) is 0.943. The fraction of sp³-hybridized carbons (Fsp3) is 1.00. The molecule has 0 aromatic heterocycles. The van der Waals surface area contributed by atoms with Crippen LogP contribution in [0.2, 0.25) is 6.04 Å². The van der Waals surface area contributed by atoms with Gasteiger partial charge in [0.05, 0.1) is 5.60 Å². The molecule has 0 aromatic rings. The maximum atomic E-state index is 6.45. The van der Waals surface area contributed by atoms with Crippen LogP contribution in [0, 0.1) is 0 Å². The predicted octanol–water partition coefficient (Wildman–Crippen LogP) is 4.78. The number of unbranched alkanes of at least 4 members (excludes halogenated alkanes) is 2. The lowest BCUT2D eigenvalue weighted by Gasteiger charge is -2.38. The Bertz CT molecular complexity index is 211. The molecule has 0 saturated carbocycles. The second kappa shape index (κ2) is 9.92. The molecule has 0 atom stereocenters. The number of rotatable bonds is 12. The minimum Gasteiger partial charge on any atom is -0.374 e. The maximum Gasteiger partial charge on any atom is 0.501 e. The Morgan fingerprint density at radius 2 is 1.37 bits per heavy atom. The molecule has 0 aliphatic rings. The first-order valence-corrected chi connectivity index (χ1v) is 9.92. The van der Waals surface area contributed by atoms with Gasteiger partial charge < -0.3 is 13.3 Å². The van der Waals surface area contributed by atoms with Crippen LogP contribution in [-0.2, 0) is 13.3 Å². The molecule has 0 radical (unpaired) electrons. The molecule has 0 rings (SSSR count). The van der Waals surface area contributed by atoms with Crippen LogP contribution in [0.3, 0.4) is 0 Å². The van der Waals surface area contributed by atoms with Crippen molar-refractivity contribution in [3.05, 3.63) is 0 Å². The molecular formula is C15H34O3Si. The first-order chi connectivity index (χ1) is 9.01. The van der Waals surface area contributed by atoms with E-state index in [9.17, 15) is 0 Å². The van der Waals surface area contributed by atoms with Crippen LogP contribution in [0.15, 0.2) is 0 Å². The van der Waals surface area contributed by atoms with E-state index in [1.54, 1.807) is 0 Å². The van der Waals surface area contributed by atoms with E-state index < -0.39 is 8.80 Å². The summed E-state index contributed by atoms with van der Waals surface area (Å²) in [7, 11) is -2.51. The normalized spacial score (nSPS) is 12.9. The third-order valence-corrected chi connectivity index (χ3v) is 6.94. The molecule has 0 spiro atoms. The van der Waals surface area contributed by atoms with Gasteiger partial charge in [-0.15, -0.1) is 0 Å². The monoisotopic (exact) mass is 290 g/mol. The third kappa shape index (κ3) is 6.89. The topological polar surface area (TPSA) is 27.7 Å². The highest BCUT2D eigenvalue weighted by atomic mass is 28.4. The zero-order valence-corrected chi connectivity index (χ0v) is 14.9. The van der Waals surface area contributed by atoms with Crippen LogP contribution in [-0.4, -0.2) is 27.6 Å². The maximum absolute atomic E-state index is 6.45. The van der Waals surface area contributed by atoms with Crippen molar-refractivity contribution >= 4 is 8.80 Å². The lowest BCUT2D eigenvalue weighted by molar-refractivity contribution is -0.0246. The van der Waals surface area contributed by atoms with E-state index >= 15 is 0 Å². The average Bonchev–Trinajstić information content (AvgIpc) is 2.39. The highest BCUT2D eigenvalue weighted by Crippen LogP contribution is 2.30. The molecular weight excluding hydrogens is 256 g/mol. The van der Waals surface area contributed by atoms with Gasteiger partial charge in [-0.3, -0.25) is 0 Å². The minimum atomic E-state index is -2.51. The molecule has 0 amide bonds.